The second-order valence-electron chi connectivity index (χ2n) is 6.37. The van der Waals surface area contributed by atoms with Gasteiger partial charge in [0, 0.05) is 25.5 Å². The Morgan fingerprint density at radius 3 is 2.19 bits per heavy atom. The van der Waals surface area contributed by atoms with Gasteiger partial charge in [0.1, 0.15) is 10.7 Å². The van der Waals surface area contributed by atoms with Crippen LogP contribution in [0.2, 0.25) is 0 Å². The number of nitrogens with zero attached hydrogens (tertiary/aromatic N) is 3. The normalized spacial score (nSPS) is 11.3. The second kappa shape index (κ2) is 7.28. The lowest BCUT2D eigenvalue weighted by molar-refractivity contribution is 0.600. The van der Waals surface area contributed by atoms with Crippen LogP contribution in [0.4, 0.5) is 22.9 Å². The number of H-pyrrole nitrogens is 1. The number of anilines is 4. The van der Waals surface area contributed by atoms with Crippen LogP contribution in [0, 0.1) is 13.8 Å². The van der Waals surface area contributed by atoms with Crippen LogP contribution < -0.4 is 14.9 Å². The van der Waals surface area contributed by atoms with Crippen LogP contribution >= 0.6 is 0 Å². The summed E-state index contributed by atoms with van der Waals surface area (Å²) < 4.78 is 27.6. The highest BCUT2D eigenvalue weighted by molar-refractivity contribution is 7.92. The van der Waals surface area contributed by atoms with Crippen LogP contribution in [-0.2, 0) is 10.0 Å². The first-order chi connectivity index (χ1) is 12.8. The Morgan fingerprint density at radius 2 is 1.67 bits per heavy atom. The quantitative estimate of drug-likeness (QED) is 0.602. The lowest BCUT2D eigenvalue weighted by Crippen LogP contribution is -2.14. The van der Waals surface area contributed by atoms with Gasteiger partial charge in [-0.1, -0.05) is 0 Å². The molecule has 8 nitrogen and oxygen atoms in total. The van der Waals surface area contributed by atoms with E-state index < -0.39 is 10.0 Å². The molecule has 0 saturated carbocycles. The van der Waals surface area contributed by atoms with Crippen molar-refractivity contribution >= 4 is 32.9 Å². The molecule has 1 aromatic carbocycles. The highest BCUT2D eigenvalue weighted by Gasteiger charge is 2.22. The summed E-state index contributed by atoms with van der Waals surface area (Å²) in [5.74, 6) is 0.617. The summed E-state index contributed by atoms with van der Waals surface area (Å²) in [6.07, 6.45) is 1.47. The third-order valence-electron chi connectivity index (χ3n) is 4.00. The summed E-state index contributed by atoms with van der Waals surface area (Å²) >= 11 is 0. The molecule has 0 fully saturated rings. The van der Waals surface area contributed by atoms with Gasteiger partial charge in [-0.3, -0.25) is 9.82 Å². The molecule has 0 unspecified atom stereocenters. The van der Waals surface area contributed by atoms with Gasteiger partial charge in [-0.15, -0.1) is 0 Å². The minimum atomic E-state index is -3.72. The first-order valence-electron chi connectivity index (χ1n) is 8.31. The maximum absolute atomic E-state index is 12.5. The Balaban J connectivity index is 1.72. The van der Waals surface area contributed by atoms with Crippen LogP contribution in [0.25, 0.3) is 0 Å². The van der Waals surface area contributed by atoms with Gasteiger partial charge in [0.15, 0.2) is 0 Å². The molecule has 0 aliphatic heterocycles. The molecular formula is C18H22N6O2S. The number of nitrogens with one attached hydrogen (secondary N) is 3. The van der Waals surface area contributed by atoms with E-state index in [0.29, 0.717) is 22.9 Å². The maximum Gasteiger partial charge on any atom is 0.265 e. The van der Waals surface area contributed by atoms with Crippen molar-refractivity contribution < 1.29 is 8.42 Å². The minimum absolute atomic E-state index is 0.158. The van der Waals surface area contributed by atoms with Crippen LogP contribution in [0.3, 0.4) is 0 Å². The molecule has 0 atom stereocenters. The molecule has 0 bridgehead atoms. The monoisotopic (exact) mass is 386 g/mol. The first-order valence-corrected chi connectivity index (χ1v) is 9.79. The summed E-state index contributed by atoms with van der Waals surface area (Å²) in [5.41, 5.74) is 3.29. The summed E-state index contributed by atoms with van der Waals surface area (Å²) in [7, 11) is 0.240. The third-order valence-corrected chi connectivity index (χ3v) is 5.64. The predicted octanol–water partition coefficient (Wildman–Crippen LogP) is 3.03. The van der Waals surface area contributed by atoms with E-state index >= 15 is 0 Å². The van der Waals surface area contributed by atoms with Crippen molar-refractivity contribution in [1.82, 2.24) is 15.2 Å². The SMILES string of the molecule is Cc1n[nH]c(C)c1S(=O)(=O)Nc1ccc(Nc2ccc(N(C)C)cc2)nc1. The van der Waals surface area contributed by atoms with Crippen molar-refractivity contribution in [3.05, 3.63) is 54.0 Å². The number of sulfonamides is 1. The van der Waals surface area contributed by atoms with Crippen LogP contribution in [0.5, 0.6) is 0 Å². The molecular weight excluding hydrogens is 364 g/mol. The van der Waals surface area contributed by atoms with E-state index in [1.54, 1.807) is 26.0 Å². The molecule has 27 heavy (non-hydrogen) atoms. The fraction of sp³-hybridized carbons (Fsp3) is 0.222. The molecule has 3 N–H and O–H groups in total. The Bertz CT molecular complexity index is 1010. The van der Waals surface area contributed by atoms with E-state index in [-0.39, 0.29) is 4.90 Å². The van der Waals surface area contributed by atoms with Gasteiger partial charge in [-0.05, 0) is 50.2 Å². The zero-order valence-corrected chi connectivity index (χ0v) is 16.4. The second-order valence-corrected chi connectivity index (χ2v) is 7.99. The topological polar surface area (TPSA) is 103 Å². The number of hydrogen-bond acceptors (Lipinski definition) is 6. The van der Waals surface area contributed by atoms with E-state index in [0.717, 1.165) is 11.4 Å². The molecule has 0 amide bonds. The van der Waals surface area contributed by atoms with Crippen molar-refractivity contribution in [2.24, 2.45) is 0 Å². The van der Waals surface area contributed by atoms with E-state index in [1.807, 2.05) is 43.3 Å². The number of pyridine rings is 1. The van der Waals surface area contributed by atoms with Crippen molar-refractivity contribution in [2.45, 2.75) is 18.7 Å². The van der Waals surface area contributed by atoms with E-state index in [2.05, 4.69) is 25.2 Å². The van der Waals surface area contributed by atoms with Gasteiger partial charge in [0.25, 0.3) is 10.0 Å². The fourth-order valence-corrected chi connectivity index (χ4v) is 4.08. The van der Waals surface area contributed by atoms with Gasteiger partial charge in [0.2, 0.25) is 0 Å². The Kier molecular flexibility index (Phi) is 5.04. The van der Waals surface area contributed by atoms with Crippen LogP contribution in [0.1, 0.15) is 11.4 Å². The summed E-state index contributed by atoms with van der Waals surface area (Å²) in [4.78, 5) is 6.45. The predicted molar refractivity (Wildman–Crippen MR) is 107 cm³/mol. The highest BCUT2D eigenvalue weighted by Crippen LogP contribution is 2.22. The number of aryl methyl sites for hydroxylation is 2. The van der Waals surface area contributed by atoms with E-state index in [9.17, 15) is 8.42 Å². The summed E-state index contributed by atoms with van der Waals surface area (Å²) in [6.45, 7) is 3.31. The fourth-order valence-electron chi connectivity index (χ4n) is 2.66. The number of rotatable bonds is 6. The highest BCUT2D eigenvalue weighted by atomic mass is 32.2. The van der Waals surface area contributed by atoms with Crippen molar-refractivity contribution in [2.75, 3.05) is 29.0 Å². The first kappa shape index (κ1) is 18.7. The molecule has 9 heteroatoms. The lowest BCUT2D eigenvalue weighted by atomic mass is 10.2. The largest absolute Gasteiger partial charge is 0.378 e. The molecule has 0 radical (unpaired) electrons. The number of aromatic nitrogens is 3. The molecule has 3 rings (SSSR count). The Morgan fingerprint density at radius 1 is 1.00 bits per heavy atom. The van der Waals surface area contributed by atoms with Crippen molar-refractivity contribution in [3.8, 4) is 0 Å². The van der Waals surface area contributed by atoms with E-state index in [1.165, 1.54) is 6.20 Å². The molecule has 142 valence electrons. The van der Waals surface area contributed by atoms with Gasteiger partial charge < -0.3 is 10.2 Å². The number of benzene rings is 1. The average Bonchev–Trinajstić information content (AvgIpc) is 2.96. The van der Waals surface area contributed by atoms with Gasteiger partial charge in [0.05, 0.1) is 23.3 Å². The summed E-state index contributed by atoms with van der Waals surface area (Å²) in [6, 6.07) is 11.3. The van der Waals surface area contributed by atoms with Gasteiger partial charge in [-0.2, -0.15) is 5.10 Å². The van der Waals surface area contributed by atoms with Gasteiger partial charge >= 0.3 is 0 Å². The van der Waals surface area contributed by atoms with Crippen molar-refractivity contribution in [1.29, 1.82) is 0 Å². The standard InChI is InChI=1S/C18H22N6O2S/c1-12-18(13(2)22-21-12)27(25,26)23-15-7-10-17(19-11-15)20-14-5-8-16(9-6-14)24(3)4/h5-11,23H,1-4H3,(H,19,20)(H,21,22). The van der Waals surface area contributed by atoms with Crippen LogP contribution in [0.15, 0.2) is 47.5 Å². The Labute approximate surface area is 158 Å². The maximum atomic E-state index is 12.5. The lowest BCUT2D eigenvalue weighted by Gasteiger charge is -2.13. The molecule has 0 aliphatic carbocycles. The van der Waals surface area contributed by atoms with E-state index in [4.69, 9.17) is 0 Å². The molecule has 0 spiro atoms. The zero-order chi connectivity index (χ0) is 19.6. The molecule has 2 aromatic heterocycles. The van der Waals surface area contributed by atoms with Crippen LogP contribution in [-0.4, -0.2) is 37.7 Å². The van der Waals surface area contributed by atoms with Gasteiger partial charge in [-0.25, -0.2) is 13.4 Å². The number of aromatic amines is 1. The number of hydrogen-bond donors (Lipinski definition) is 3. The Hall–Kier alpha value is -3.07. The summed E-state index contributed by atoms with van der Waals surface area (Å²) in [5, 5.41) is 9.79. The van der Waals surface area contributed by atoms with Crippen molar-refractivity contribution in [3.63, 3.8) is 0 Å². The molecule has 0 aliphatic rings. The minimum Gasteiger partial charge on any atom is -0.378 e. The molecule has 3 aromatic rings. The third kappa shape index (κ3) is 4.20. The molecule has 0 saturated heterocycles. The molecule has 2 heterocycles. The average molecular weight is 386 g/mol. The zero-order valence-electron chi connectivity index (χ0n) is 15.6. The smallest absolute Gasteiger partial charge is 0.265 e.